The minimum atomic E-state index is 0.209. The van der Waals surface area contributed by atoms with E-state index in [2.05, 4.69) is 71.9 Å². The molecule has 0 saturated carbocycles. The van der Waals surface area contributed by atoms with Crippen molar-refractivity contribution in [3.05, 3.63) is 45.6 Å². The van der Waals surface area contributed by atoms with Crippen molar-refractivity contribution in [3.63, 3.8) is 0 Å². The van der Waals surface area contributed by atoms with Crippen molar-refractivity contribution in [1.29, 1.82) is 0 Å². The van der Waals surface area contributed by atoms with Gasteiger partial charge in [0.2, 0.25) is 0 Å². The van der Waals surface area contributed by atoms with Crippen molar-refractivity contribution in [2.75, 3.05) is 0 Å². The predicted octanol–water partition coefficient (Wildman–Crippen LogP) is 8.27. The summed E-state index contributed by atoms with van der Waals surface area (Å²) in [5.41, 5.74) is 6.02. The molecule has 1 aromatic carbocycles. The first kappa shape index (κ1) is 19.7. The number of thiophene rings is 2. The van der Waals surface area contributed by atoms with Gasteiger partial charge < -0.3 is 0 Å². The highest BCUT2D eigenvalue weighted by molar-refractivity contribution is 7.16. The summed E-state index contributed by atoms with van der Waals surface area (Å²) in [6, 6.07) is 11.3. The Labute approximate surface area is 179 Å². The fraction of sp³-hybridized carbons (Fsp3) is 0.391. The van der Waals surface area contributed by atoms with Crippen LogP contribution in [-0.4, -0.2) is 8.75 Å². The Balaban J connectivity index is 1.86. The molecule has 0 atom stereocenters. The molecule has 0 saturated heterocycles. The van der Waals surface area contributed by atoms with Crippen molar-refractivity contribution in [1.82, 2.24) is 8.75 Å². The lowest BCUT2D eigenvalue weighted by Crippen LogP contribution is -2.12. The van der Waals surface area contributed by atoms with Gasteiger partial charge in [-0.05, 0) is 60.6 Å². The molecule has 0 N–H and O–H groups in total. The summed E-state index contributed by atoms with van der Waals surface area (Å²) in [7, 11) is 0. The molecule has 2 nitrogen and oxygen atoms in total. The second-order valence-corrected chi connectivity index (χ2v) is 11.1. The number of benzene rings is 1. The van der Waals surface area contributed by atoms with Crippen LogP contribution in [0.1, 0.15) is 62.3 Å². The van der Waals surface area contributed by atoms with Crippen LogP contribution in [-0.2, 0) is 5.41 Å². The second-order valence-electron chi connectivity index (χ2n) is 8.34. The van der Waals surface area contributed by atoms with Crippen molar-refractivity contribution >= 4 is 45.4 Å². The maximum absolute atomic E-state index is 4.72. The van der Waals surface area contributed by atoms with E-state index in [0.29, 0.717) is 5.92 Å². The summed E-state index contributed by atoms with van der Waals surface area (Å²) in [5, 5.41) is 0. The van der Waals surface area contributed by atoms with Crippen molar-refractivity contribution in [3.8, 4) is 20.9 Å². The molecule has 28 heavy (non-hydrogen) atoms. The fourth-order valence-electron chi connectivity index (χ4n) is 3.39. The van der Waals surface area contributed by atoms with Gasteiger partial charge in [0, 0.05) is 30.6 Å². The maximum atomic E-state index is 4.72. The molecule has 0 aliphatic heterocycles. The first-order valence-corrected chi connectivity index (χ1v) is 12.1. The van der Waals surface area contributed by atoms with E-state index in [0.717, 1.165) is 17.5 Å². The second kappa shape index (κ2) is 7.36. The van der Waals surface area contributed by atoms with E-state index in [1.54, 1.807) is 0 Å². The molecule has 0 aliphatic rings. The van der Waals surface area contributed by atoms with Crippen molar-refractivity contribution < 1.29 is 0 Å². The summed E-state index contributed by atoms with van der Waals surface area (Å²) in [5.74, 6) is 0.551. The van der Waals surface area contributed by atoms with Gasteiger partial charge in [0.1, 0.15) is 11.0 Å². The van der Waals surface area contributed by atoms with E-state index >= 15 is 0 Å². The quantitative estimate of drug-likeness (QED) is 0.321. The first-order valence-electron chi connectivity index (χ1n) is 9.78. The normalized spacial score (nSPS) is 12.4. The Morgan fingerprint density at radius 1 is 0.964 bits per heavy atom. The molecule has 0 amide bonds. The summed E-state index contributed by atoms with van der Waals surface area (Å²) in [6.07, 6.45) is 1.13. The van der Waals surface area contributed by atoms with Gasteiger partial charge in [-0.2, -0.15) is 8.75 Å². The number of aromatic nitrogens is 2. The highest BCUT2D eigenvalue weighted by atomic mass is 32.1. The molecule has 4 aromatic rings. The van der Waals surface area contributed by atoms with Gasteiger partial charge in [0.25, 0.3) is 0 Å². The zero-order chi connectivity index (χ0) is 20.1. The standard InChI is InChI=1S/C23H26N2S3/c1-7-23(5,6)19-11-10-18(27-19)20-14(4)12-15(21-22(20)25-28-24-21)17-9-8-16(26-17)13(2)3/h8-13H,7H2,1-6H3. The van der Waals surface area contributed by atoms with Gasteiger partial charge in [0.05, 0.1) is 11.7 Å². The molecule has 4 rings (SSSR count). The summed E-state index contributed by atoms with van der Waals surface area (Å²) < 4.78 is 9.41. The Morgan fingerprint density at radius 3 is 2.36 bits per heavy atom. The van der Waals surface area contributed by atoms with Gasteiger partial charge in [-0.15, -0.1) is 22.7 Å². The summed E-state index contributed by atoms with van der Waals surface area (Å²) in [4.78, 5) is 5.43. The van der Waals surface area contributed by atoms with Crippen LogP contribution in [0.15, 0.2) is 30.3 Å². The number of nitrogens with zero attached hydrogens (tertiary/aromatic N) is 2. The van der Waals surface area contributed by atoms with E-state index in [4.69, 9.17) is 8.75 Å². The third kappa shape index (κ3) is 3.34. The third-order valence-electron chi connectivity index (χ3n) is 5.60. The summed E-state index contributed by atoms with van der Waals surface area (Å²) >= 11 is 5.09. The largest absolute Gasteiger partial charge is 0.172 e. The van der Waals surface area contributed by atoms with E-state index in [1.807, 2.05) is 22.7 Å². The zero-order valence-corrected chi connectivity index (χ0v) is 19.7. The Kier molecular flexibility index (Phi) is 5.19. The molecule has 0 spiro atoms. The van der Waals surface area contributed by atoms with Crippen molar-refractivity contribution in [2.24, 2.45) is 0 Å². The van der Waals surface area contributed by atoms with Crippen LogP contribution >= 0.6 is 34.4 Å². The van der Waals surface area contributed by atoms with Crippen LogP contribution in [0.2, 0.25) is 0 Å². The highest BCUT2D eigenvalue weighted by Crippen LogP contribution is 2.44. The first-order chi connectivity index (χ1) is 13.3. The van der Waals surface area contributed by atoms with Crippen LogP contribution in [0, 0.1) is 6.92 Å². The topological polar surface area (TPSA) is 25.8 Å². The molecular weight excluding hydrogens is 400 g/mol. The minimum absolute atomic E-state index is 0.209. The SMILES string of the molecule is CCC(C)(C)c1ccc(-c2c(C)cc(-c3ccc(C(C)C)s3)c3nsnc23)s1. The molecule has 146 valence electrons. The molecule has 0 radical (unpaired) electrons. The number of hydrogen-bond donors (Lipinski definition) is 0. The smallest absolute Gasteiger partial charge is 0.114 e. The van der Waals surface area contributed by atoms with Crippen LogP contribution in [0.3, 0.4) is 0 Å². The van der Waals surface area contributed by atoms with E-state index in [1.165, 1.54) is 47.9 Å². The zero-order valence-electron chi connectivity index (χ0n) is 17.3. The average molecular weight is 427 g/mol. The monoisotopic (exact) mass is 426 g/mol. The molecule has 3 heterocycles. The Hall–Kier alpha value is -1.56. The van der Waals surface area contributed by atoms with E-state index in [-0.39, 0.29) is 5.41 Å². The molecule has 5 heteroatoms. The number of hydrogen-bond acceptors (Lipinski definition) is 5. The molecular formula is C23H26N2S3. The lowest BCUT2D eigenvalue weighted by atomic mass is 9.89. The van der Waals surface area contributed by atoms with Crippen molar-refractivity contribution in [2.45, 2.75) is 59.3 Å². The van der Waals surface area contributed by atoms with E-state index in [9.17, 15) is 0 Å². The van der Waals surface area contributed by atoms with Gasteiger partial charge >= 0.3 is 0 Å². The summed E-state index contributed by atoms with van der Waals surface area (Å²) in [6.45, 7) is 13.6. The van der Waals surface area contributed by atoms with Gasteiger partial charge in [-0.1, -0.05) is 34.6 Å². The predicted molar refractivity (Wildman–Crippen MR) is 126 cm³/mol. The van der Waals surface area contributed by atoms with Gasteiger partial charge in [-0.25, -0.2) is 0 Å². The van der Waals surface area contributed by atoms with Crippen LogP contribution in [0.25, 0.3) is 31.9 Å². The number of rotatable bonds is 5. The fourth-order valence-corrected chi connectivity index (χ4v) is 6.27. The van der Waals surface area contributed by atoms with Gasteiger partial charge in [0.15, 0.2) is 0 Å². The maximum Gasteiger partial charge on any atom is 0.114 e. The van der Waals surface area contributed by atoms with Gasteiger partial charge in [-0.3, -0.25) is 0 Å². The highest BCUT2D eigenvalue weighted by Gasteiger charge is 2.23. The molecule has 3 aromatic heterocycles. The minimum Gasteiger partial charge on any atom is -0.172 e. The van der Waals surface area contributed by atoms with Crippen LogP contribution in [0.4, 0.5) is 0 Å². The molecule has 0 bridgehead atoms. The van der Waals surface area contributed by atoms with E-state index < -0.39 is 0 Å². The van der Waals surface area contributed by atoms with Crippen LogP contribution < -0.4 is 0 Å². The third-order valence-corrected chi connectivity index (χ3v) is 9.02. The number of fused-ring (bicyclic) bond motifs is 1. The average Bonchev–Trinajstić information content (AvgIpc) is 3.40. The molecule has 0 fully saturated rings. The lowest BCUT2D eigenvalue weighted by Gasteiger charge is -2.20. The Morgan fingerprint density at radius 2 is 1.68 bits per heavy atom. The van der Waals surface area contributed by atoms with Crippen LogP contribution in [0.5, 0.6) is 0 Å². The number of aryl methyl sites for hydroxylation is 1. The lowest BCUT2D eigenvalue weighted by molar-refractivity contribution is 0.517. The molecule has 0 aliphatic carbocycles. The Bertz CT molecular complexity index is 1130. The molecule has 0 unspecified atom stereocenters.